The summed E-state index contributed by atoms with van der Waals surface area (Å²) < 4.78 is 61.5. The number of sulfone groups is 1. The molecular formula is C36H41NO9S. The summed E-state index contributed by atoms with van der Waals surface area (Å²) in [5.41, 5.74) is 3.68. The molecule has 250 valence electrons. The highest BCUT2D eigenvalue weighted by molar-refractivity contribution is 7.92. The molecule has 0 unspecified atom stereocenters. The van der Waals surface area contributed by atoms with Crippen LogP contribution < -0.4 is 14.2 Å². The Morgan fingerprint density at radius 1 is 0.936 bits per heavy atom. The summed E-state index contributed by atoms with van der Waals surface area (Å²) in [6.45, 7) is 6.09. The largest absolute Gasteiger partial charge is 0.486 e. The average Bonchev–Trinajstić information content (AvgIpc) is 3.74. The van der Waals surface area contributed by atoms with Crippen molar-refractivity contribution in [3.05, 3.63) is 82.9 Å². The summed E-state index contributed by atoms with van der Waals surface area (Å²) in [7, 11) is -3.32. The Morgan fingerprint density at radius 3 is 2.62 bits per heavy atom. The van der Waals surface area contributed by atoms with Crippen molar-refractivity contribution in [2.75, 3.05) is 26.3 Å². The molecule has 11 heteroatoms. The second-order valence-corrected chi connectivity index (χ2v) is 15.4. The van der Waals surface area contributed by atoms with E-state index in [1.165, 1.54) is 0 Å². The van der Waals surface area contributed by atoms with E-state index in [1.807, 2.05) is 56.3 Å². The van der Waals surface area contributed by atoms with Crippen molar-refractivity contribution in [3.63, 3.8) is 0 Å². The molecule has 7 rings (SSSR count). The number of hydrogen-bond donors (Lipinski definition) is 0. The highest BCUT2D eigenvalue weighted by Crippen LogP contribution is 2.36. The Kier molecular flexibility index (Phi) is 8.80. The van der Waals surface area contributed by atoms with Crippen LogP contribution in [0.4, 0.5) is 4.79 Å². The predicted molar refractivity (Wildman–Crippen MR) is 172 cm³/mol. The monoisotopic (exact) mass is 663 g/mol. The Morgan fingerprint density at radius 2 is 1.77 bits per heavy atom. The SMILES string of the molecule is CC1(C)OCc2cc([C@@H]3CN(CCc4ccc5c(c4)O[C@H](COCc4cccc(S(=O)(=O)C6CCCC6)c4)CO5)C(=O)O3)ccc2O1. The summed E-state index contributed by atoms with van der Waals surface area (Å²) in [5, 5.41) is -0.281. The van der Waals surface area contributed by atoms with Gasteiger partial charge >= 0.3 is 6.09 Å². The smallest absolute Gasteiger partial charge is 0.410 e. The molecule has 1 amide bonds. The number of cyclic esters (lactones) is 1. The standard InChI is InChI=1S/C36H41NO9S/c1-36(2)43-21-27-18-26(11-13-31(27)46-36)34-19-37(35(38)45-34)15-14-24-10-12-32-33(17-24)44-28(23-42-32)22-41-20-25-6-5-9-30(16-25)47(39,40)29-7-3-4-8-29/h5-6,9-13,16-18,28-29,34H,3-4,7-8,14-15,19-23H2,1-2H3/t28-,34+/m1/s1. The number of benzene rings is 3. The topological polar surface area (TPSA) is 110 Å². The molecule has 3 aromatic carbocycles. The lowest BCUT2D eigenvalue weighted by atomic mass is 10.0. The molecule has 3 aromatic rings. The lowest BCUT2D eigenvalue weighted by Gasteiger charge is -2.32. The van der Waals surface area contributed by atoms with Gasteiger partial charge in [-0.05, 0) is 72.4 Å². The fraction of sp³-hybridized carbons (Fsp3) is 0.472. The van der Waals surface area contributed by atoms with Crippen molar-refractivity contribution in [3.8, 4) is 17.2 Å². The van der Waals surface area contributed by atoms with Gasteiger partial charge in [-0.1, -0.05) is 37.1 Å². The lowest BCUT2D eigenvalue weighted by molar-refractivity contribution is -0.180. The van der Waals surface area contributed by atoms with E-state index < -0.39 is 15.6 Å². The Balaban J connectivity index is 0.904. The summed E-state index contributed by atoms with van der Waals surface area (Å²) in [5.74, 6) is 1.43. The number of amides is 1. The van der Waals surface area contributed by atoms with Crippen molar-refractivity contribution in [1.82, 2.24) is 4.90 Å². The molecule has 2 fully saturated rings. The molecule has 1 saturated carbocycles. The number of carbonyl (C=O) groups excluding carboxylic acids is 1. The fourth-order valence-corrected chi connectivity index (χ4v) is 8.52. The molecule has 0 N–H and O–H groups in total. The Labute approximate surface area is 275 Å². The van der Waals surface area contributed by atoms with Crippen LogP contribution in [-0.4, -0.2) is 62.9 Å². The van der Waals surface area contributed by atoms with Crippen LogP contribution in [-0.2, 0) is 43.7 Å². The molecular weight excluding hydrogens is 622 g/mol. The van der Waals surface area contributed by atoms with E-state index in [2.05, 4.69) is 0 Å². The van der Waals surface area contributed by atoms with Crippen LogP contribution in [0.2, 0.25) is 0 Å². The van der Waals surface area contributed by atoms with Gasteiger partial charge in [-0.25, -0.2) is 13.2 Å². The third-order valence-corrected chi connectivity index (χ3v) is 11.5. The van der Waals surface area contributed by atoms with Gasteiger partial charge < -0.3 is 33.3 Å². The summed E-state index contributed by atoms with van der Waals surface area (Å²) >= 11 is 0. The van der Waals surface area contributed by atoms with E-state index in [-0.39, 0.29) is 30.2 Å². The van der Waals surface area contributed by atoms with Crippen LogP contribution in [0.5, 0.6) is 17.2 Å². The van der Waals surface area contributed by atoms with Crippen LogP contribution in [0.15, 0.2) is 65.6 Å². The zero-order valence-electron chi connectivity index (χ0n) is 26.8. The maximum absolute atomic E-state index is 13.0. The van der Waals surface area contributed by atoms with Gasteiger partial charge in [0.15, 0.2) is 27.4 Å². The van der Waals surface area contributed by atoms with Gasteiger partial charge in [0.2, 0.25) is 5.79 Å². The number of fused-ring (bicyclic) bond motifs is 2. The number of hydrogen-bond acceptors (Lipinski definition) is 9. The van der Waals surface area contributed by atoms with Crippen LogP contribution in [0, 0.1) is 0 Å². The number of nitrogens with zero attached hydrogens (tertiary/aromatic N) is 1. The minimum atomic E-state index is -3.32. The third kappa shape index (κ3) is 7.07. The summed E-state index contributed by atoms with van der Waals surface area (Å²) in [6, 6.07) is 18.7. The molecule has 2 atom stereocenters. The first kappa shape index (κ1) is 31.8. The van der Waals surface area contributed by atoms with Gasteiger partial charge in [0.1, 0.15) is 18.5 Å². The second kappa shape index (κ2) is 13.0. The maximum Gasteiger partial charge on any atom is 0.410 e. The van der Waals surface area contributed by atoms with E-state index in [4.69, 9.17) is 28.4 Å². The van der Waals surface area contributed by atoms with Crippen molar-refractivity contribution in [2.45, 2.75) is 87.3 Å². The number of rotatable bonds is 10. The minimum absolute atomic E-state index is 0.277. The molecule has 47 heavy (non-hydrogen) atoms. The van der Waals surface area contributed by atoms with Crippen LogP contribution in [0.3, 0.4) is 0 Å². The number of ether oxygens (including phenoxy) is 6. The van der Waals surface area contributed by atoms with Crippen molar-refractivity contribution < 1.29 is 41.6 Å². The van der Waals surface area contributed by atoms with Gasteiger partial charge in [-0.2, -0.15) is 0 Å². The molecule has 1 saturated heterocycles. The second-order valence-electron chi connectivity index (χ2n) is 13.2. The van der Waals surface area contributed by atoms with E-state index >= 15 is 0 Å². The Bertz CT molecular complexity index is 1730. The van der Waals surface area contributed by atoms with Crippen molar-refractivity contribution in [2.24, 2.45) is 0 Å². The molecule has 3 heterocycles. The average molecular weight is 664 g/mol. The van der Waals surface area contributed by atoms with Crippen LogP contribution >= 0.6 is 0 Å². The van der Waals surface area contributed by atoms with Crippen LogP contribution in [0.1, 0.15) is 67.9 Å². The van der Waals surface area contributed by atoms with E-state index in [1.54, 1.807) is 23.1 Å². The van der Waals surface area contributed by atoms with Gasteiger partial charge in [-0.3, -0.25) is 0 Å². The number of carbonyl (C=O) groups is 1. The van der Waals surface area contributed by atoms with Gasteiger partial charge in [-0.15, -0.1) is 0 Å². The van der Waals surface area contributed by atoms with Crippen molar-refractivity contribution >= 4 is 15.9 Å². The summed E-state index contributed by atoms with van der Waals surface area (Å²) in [6.07, 6.45) is 3.03. The first-order valence-electron chi connectivity index (χ1n) is 16.4. The quantitative estimate of drug-likeness (QED) is 0.253. The maximum atomic E-state index is 13.0. The molecule has 0 bridgehead atoms. The van der Waals surface area contributed by atoms with Gasteiger partial charge in [0.05, 0.1) is 36.5 Å². The van der Waals surface area contributed by atoms with E-state index in [0.717, 1.165) is 53.7 Å². The molecule has 3 aliphatic heterocycles. The minimum Gasteiger partial charge on any atom is -0.486 e. The van der Waals surface area contributed by atoms with E-state index in [0.29, 0.717) is 55.7 Å². The predicted octanol–water partition coefficient (Wildman–Crippen LogP) is 6.14. The molecule has 4 aliphatic rings. The van der Waals surface area contributed by atoms with E-state index in [9.17, 15) is 13.2 Å². The van der Waals surface area contributed by atoms with Gasteiger partial charge in [0, 0.05) is 26.0 Å². The summed E-state index contributed by atoms with van der Waals surface area (Å²) in [4.78, 5) is 14.8. The fourth-order valence-electron chi connectivity index (χ4n) is 6.60. The van der Waals surface area contributed by atoms with Crippen LogP contribution in [0.25, 0.3) is 0 Å². The molecule has 0 spiro atoms. The van der Waals surface area contributed by atoms with Gasteiger partial charge in [0.25, 0.3) is 0 Å². The zero-order chi connectivity index (χ0) is 32.6. The molecule has 10 nitrogen and oxygen atoms in total. The normalized spacial score (nSPS) is 22.1. The van der Waals surface area contributed by atoms with Crippen molar-refractivity contribution in [1.29, 1.82) is 0 Å². The lowest BCUT2D eigenvalue weighted by Crippen LogP contribution is -2.35. The molecule has 0 radical (unpaired) electrons. The first-order valence-corrected chi connectivity index (χ1v) is 17.9. The molecule has 0 aromatic heterocycles. The molecule has 1 aliphatic carbocycles. The zero-order valence-corrected chi connectivity index (χ0v) is 27.6. The third-order valence-electron chi connectivity index (χ3n) is 9.21. The highest BCUT2D eigenvalue weighted by Gasteiger charge is 2.34. The Hall–Kier alpha value is -3.80. The highest BCUT2D eigenvalue weighted by atomic mass is 32.2. The first-order chi connectivity index (χ1) is 22.6.